The zero-order valence-electron chi connectivity index (χ0n) is 21.8. The molecule has 1 fully saturated rings. The number of β-amino-alcohol motifs (C(OH)–C–C–N with tert-alkyl or cyclic N) is 1. The van der Waals surface area contributed by atoms with Gasteiger partial charge in [0.25, 0.3) is 0 Å². The summed E-state index contributed by atoms with van der Waals surface area (Å²) >= 11 is 0. The monoisotopic (exact) mass is 574 g/mol. The van der Waals surface area contributed by atoms with Crippen LogP contribution in [0.2, 0.25) is 0 Å². The molecule has 1 aromatic rings. The van der Waals surface area contributed by atoms with Crippen molar-refractivity contribution < 1.29 is 43.7 Å². The second-order valence-electron chi connectivity index (χ2n) is 9.15. The Balaban J connectivity index is 2.01. The summed E-state index contributed by atoms with van der Waals surface area (Å²) in [5.74, 6) is -2.00. The molecule has 0 spiro atoms. The molecule has 6 N–H and O–H groups in total. The van der Waals surface area contributed by atoms with Crippen LogP contribution >= 0.6 is 8.25 Å². The molecule has 2 atom stereocenters. The van der Waals surface area contributed by atoms with E-state index in [1.165, 1.54) is 0 Å². The first kappa shape index (κ1) is 32.6. The number of amides is 2. The first-order valence-electron chi connectivity index (χ1n) is 12.6. The van der Waals surface area contributed by atoms with Crippen molar-refractivity contribution in [3.8, 4) is 0 Å². The van der Waals surface area contributed by atoms with Crippen LogP contribution in [0.4, 0.5) is 10.5 Å². The van der Waals surface area contributed by atoms with Gasteiger partial charge < -0.3 is 30.8 Å². The Morgan fingerprint density at radius 3 is 1.82 bits per heavy atom. The van der Waals surface area contributed by atoms with Crippen LogP contribution in [0.5, 0.6) is 0 Å². The minimum absolute atomic E-state index is 0.0181. The maximum absolute atomic E-state index is 12.2. The number of carboxylic acid groups (broad SMARTS) is 2. The van der Waals surface area contributed by atoms with Crippen molar-refractivity contribution in [2.45, 2.75) is 6.10 Å². The first-order valence-corrected chi connectivity index (χ1v) is 13.8. The molecule has 2 amide bonds. The molecule has 16 heteroatoms. The van der Waals surface area contributed by atoms with E-state index in [-0.39, 0.29) is 32.9 Å². The number of para-hydroxylation sites is 1. The third kappa shape index (κ3) is 14.9. The molecule has 39 heavy (non-hydrogen) atoms. The Bertz CT molecular complexity index is 897. The smallest absolute Gasteiger partial charge is 0.319 e. The number of rotatable bonds is 12. The third-order valence-corrected chi connectivity index (χ3v) is 6.39. The average Bonchev–Trinajstić information content (AvgIpc) is 2.86. The summed E-state index contributed by atoms with van der Waals surface area (Å²) in [6, 6.07) is 8.40. The van der Waals surface area contributed by atoms with Gasteiger partial charge in [0.2, 0.25) is 0 Å². The molecule has 0 saturated carbocycles. The lowest BCUT2D eigenvalue weighted by molar-refractivity contribution is -0.139. The Kier molecular flexibility index (Phi) is 14.9. The van der Waals surface area contributed by atoms with E-state index in [1.54, 1.807) is 39.0 Å². The minimum atomic E-state index is -3.16. The van der Waals surface area contributed by atoms with E-state index in [2.05, 4.69) is 10.6 Å². The van der Waals surface area contributed by atoms with Gasteiger partial charge in [0.05, 0.1) is 19.2 Å². The summed E-state index contributed by atoms with van der Waals surface area (Å²) in [7, 11) is -3.16. The van der Waals surface area contributed by atoms with Crippen LogP contribution in [0.1, 0.15) is 0 Å². The molecule has 1 aliphatic heterocycles. The first-order chi connectivity index (χ1) is 18.6. The number of benzene rings is 1. The van der Waals surface area contributed by atoms with Gasteiger partial charge in [-0.05, 0) is 12.1 Å². The summed E-state index contributed by atoms with van der Waals surface area (Å²) < 4.78 is 15.9. The topological polar surface area (TPSA) is 195 Å². The standard InChI is InChI=1S/C23H39N6O9P/c30-20(14-24-23(35)25-19-4-2-1-3-5-19)15-26-6-8-27(16-21(31)32)10-12-29(18-38-39(36)37)13-11-28(9-7-26)17-22(33)34/h1-5,20,30,39H,6-18H2,(H,31,32)(H,33,34)(H,36,37)(H2,24,25,35). The van der Waals surface area contributed by atoms with Gasteiger partial charge in [-0.2, -0.15) is 0 Å². The normalized spacial score (nSPS) is 18.8. The van der Waals surface area contributed by atoms with Gasteiger partial charge >= 0.3 is 26.2 Å². The van der Waals surface area contributed by atoms with Gasteiger partial charge in [0.15, 0.2) is 0 Å². The zero-order valence-corrected chi connectivity index (χ0v) is 22.8. The van der Waals surface area contributed by atoms with Crippen molar-refractivity contribution in [1.82, 2.24) is 24.9 Å². The van der Waals surface area contributed by atoms with E-state index in [9.17, 15) is 34.3 Å². The summed E-state index contributed by atoms with van der Waals surface area (Å²) in [6.07, 6.45) is -0.922. The summed E-state index contributed by atoms with van der Waals surface area (Å²) in [5.41, 5.74) is 0.612. The van der Waals surface area contributed by atoms with Crippen LogP contribution < -0.4 is 10.6 Å². The number of aliphatic hydroxyl groups is 1. The molecule has 2 unspecified atom stereocenters. The quantitative estimate of drug-likeness (QED) is 0.165. The Labute approximate surface area is 227 Å². The molecule has 0 aromatic heterocycles. The number of urea groups is 1. The van der Waals surface area contributed by atoms with Crippen molar-refractivity contribution in [1.29, 1.82) is 0 Å². The lowest BCUT2D eigenvalue weighted by Gasteiger charge is -2.33. The van der Waals surface area contributed by atoms with Crippen molar-refractivity contribution in [2.24, 2.45) is 0 Å². The predicted molar refractivity (Wildman–Crippen MR) is 143 cm³/mol. The Morgan fingerprint density at radius 1 is 0.846 bits per heavy atom. The molecule has 0 bridgehead atoms. The summed E-state index contributed by atoms with van der Waals surface area (Å²) in [5, 5.41) is 34.6. The lowest BCUT2D eigenvalue weighted by atomic mass is 10.2. The second kappa shape index (κ2) is 17.9. The molecule has 0 aliphatic carbocycles. The van der Waals surface area contributed by atoms with Crippen LogP contribution in [0.3, 0.4) is 0 Å². The second-order valence-corrected chi connectivity index (χ2v) is 9.97. The third-order valence-electron chi connectivity index (χ3n) is 6.02. The number of carbonyl (C=O) groups excluding carboxylic acids is 1. The fraction of sp³-hybridized carbons (Fsp3) is 0.609. The summed E-state index contributed by atoms with van der Waals surface area (Å²) in [4.78, 5) is 51.1. The van der Waals surface area contributed by atoms with Crippen molar-refractivity contribution >= 4 is 31.9 Å². The molecular formula is C23H39N6O9P. The number of anilines is 1. The maximum Gasteiger partial charge on any atom is 0.319 e. The molecule has 15 nitrogen and oxygen atoms in total. The van der Waals surface area contributed by atoms with E-state index < -0.39 is 32.3 Å². The highest BCUT2D eigenvalue weighted by atomic mass is 31.1. The lowest BCUT2D eigenvalue weighted by Crippen LogP contribution is -2.49. The molecule has 1 aliphatic rings. The highest BCUT2D eigenvalue weighted by molar-refractivity contribution is 7.32. The highest BCUT2D eigenvalue weighted by Crippen LogP contribution is 2.15. The van der Waals surface area contributed by atoms with Gasteiger partial charge in [-0.1, -0.05) is 18.2 Å². The number of hydrogen-bond acceptors (Lipinski definition) is 10. The number of hydrogen-bond donors (Lipinski definition) is 6. The SMILES string of the molecule is O=C(O)CN1CCN(CO[PH](=O)O)CCN(CC(=O)O)CCN(CC(O)CNC(=O)Nc2ccccc2)CC1. The largest absolute Gasteiger partial charge is 0.480 e. The zero-order chi connectivity index (χ0) is 28.6. The number of nitrogens with zero attached hydrogens (tertiary/aromatic N) is 4. The molecule has 2 rings (SSSR count). The average molecular weight is 575 g/mol. The highest BCUT2D eigenvalue weighted by Gasteiger charge is 2.21. The Hall–Kier alpha value is -2.62. The molecule has 220 valence electrons. The van der Waals surface area contributed by atoms with Crippen molar-refractivity contribution in [2.75, 3.05) is 90.6 Å². The van der Waals surface area contributed by atoms with Gasteiger partial charge in [-0.15, -0.1) is 0 Å². The van der Waals surface area contributed by atoms with Gasteiger partial charge in [0.1, 0.15) is 6.73 Å². The number of nitrogens with one attached hydrogen (secondary N) is 2. The predicted octanol–water partition coefficient (Wildman–Crippen LogP) is -1.08. The fourth-order valence-electron chi connectivity index (χ4n) is 4.01. The van der Waals surface area contributed by atoms with Crippen LogP contribution in [0.15, 0.2) is 30.3 Å². The maximum atomic E-state index is 12.2. The minimum Gasteiger partial charge on any atom is -0.480 e. The van der Waals surface area contributed by atoms with E-state index >= 15 is 0 Å². The fourth-order valence-corrected chi connectivity index (χ4v) is 4.30. The summed E-state index contributed by atoms with van der Waals surface area (Å²) in [6.45, 7) is 2.42. The van der Waals surface area contributed by atoms with Crippen LogP contribution in [-0.2, 0) is 18.7 Å². The van der Waals surface area contributed by atoms with E-state index in [0.717, 1.165) is 0 Å². The van der Waals surface area contributed by atoms with Crippen molar-refractivity contribution in [3.63, 3.8) is 0 Å². The van der Waals surface area contributed by atoms with Crippen LogP contribution in [0.25, 0.3) is 0 Å². The number of aliphatic hydroxyl groups excluding tert-OH is 1. The van der Waals surface area contributed by atoms with E-state index in [4.69, 9.17) is 9.42 Å². The van der Waals surface area contributed by atoms with Crippen LogP contribution in [-0.4, -0.2) is 149 Å². The van der Waals surface area contributed by atoms with Gasteiger partial charge in [-0.3, -0.25) is 38.3 Å². The van der Waals surface area contributed by atoms with Gasteiger partial charge in [0, 0.05) is 71.1 Å². The molecular weight excluding hydrogens is 535 g/mol. The number of aliphatic carboxylic acids is 2. The molecule has 1 saturated heterocycles. The Morgan fingerprint density at radius 2 is 1.33 bits per heavy atom. The molecule has 1 heterocycles. The van der Waals surface area contributed by atoms with Crippen molar-refractivity contribution in [3.05, 3.63) is 30.3 Å². The number of carboxylic acids is 2. The molecule has 1 aromatic carbocycles. The van der Waals surface area contributed by atoms with E-state index in [0.29, 0.717) is 58.0 Å². The number of carbonyl (C=O) groups is 3. The van der Waals surface area contributed by atoms with Crippen LogP contribution in [0, 0.1) is 0 Å². The van der Waals surface area contributed by atoms with E-state index in [1.807, 2.05) is 11.0 Å². The molecule has 0 radical (unpaired) electrons. The van der Waals surface area contributed by atoms with Gasteiger partial charge in [-0.25, -0.2) is 4.79 Å².